The van der Waals surface area contributed by atoms with E-state index in [9.17, 15) is 8.42 Å². The van der Waals surface area contributed by atoms with E-state index in [0.717, 1.165) is 18.2 Å². The first kappa shape index (κ1) is 9.51. The van der Waals surface area contributed by atoms with E-state index in [0.29, 0.717) is 0 Å². The summed E-state index contributed by atoms with van der Waals surface area (Å²) >= 11 is 0. The summed E-state index contributed by atoms with van der Waals surface area (Å²) in [4.78, 5) is -0.274. The second-order valence-corrected chi connectivity index (χ2v) is 3.93. The quantitative estimate of drug-likeness (QED) is 0.657. The predicted molar refractivity (Wildman–Crippen MR) is 44.2 cm³/mol. The number of phenolic OH excluding ortho intramolecular Hbond substituents is 1. The third kappa shape index (κ3) is 2.18. The average Bonchev–Trinajstić information content (AvgIpc) is 2.01. The van der Waals surface area contributed by atoms with Crippen molar-refractivity contribution >= 4 is 10.0 Å². The Bertz CT molecular complexity index is 473. The number of rotatable bonds is 1. The van der Waals surface area contributed by atoms with Crippen molar-refractivity contribution in [2.24, 2.45) is 5.14 Å². The van der Waals surface area contributed by atoms with Crippen LogP contribution in [0.2, 0.25) is 0 Å². The van der Waals surface area contributed by atoms with Crippen LogP contribution in [0.25, 0.3) is 0 Å². The number of benzene rings is 1. The van der Waals surface area contributed by atoms with Crippen LogP contribution in [-0.4, -0.2) is 13.5 Å². The minimum Gasteiger partial charge on any atom is -0.508 e. The molecule has 0 unspecified atom stereocenters. The summed E-state index contributed by atoms with van der Waals surface area (Å²) in [5.41, 5.74) is 0.0454. The molecule has 0 saturated carbocycles. The van der Waals surface area contributed by atoms with Crippen molar-refractivity contribution in [3.8, 4) is 11.8 Å². The summed E-state index contributed by atoms with van der Waals surface area (Å²) in [6, 6.07) is 4.92. The molecule has 0 radical (unpaired) electrons. The molecule has 0 heterocycles. The molecule has 0 saturated heterocycles. The van der Waals surface area contributed by atoms with Gasteiger partial charge in [0.15, 0.2) is 0 Å². The molecule has 5 nitrogen and oxygen atoms in total. The smallest absolute Gasteiger partial charge is 0.238 e. The van der Waals surface area contributed by atoms with Gasteiger partial charge in [0, 0.05) is 0 Å². The Hall–Kier alpha value is -1.58. The highest BCUT2D eigenvalue weighted by atomic mass is 32.2. The molecule has 1 rings (SSSR count). The number of nitriles is 1. The van der Waals surface area contributed by atoms with Gasteiger partial charge in [-0.3, -0.25) is 0 Å². The highest BCUT2D eigenvalue weighted by Gasteiger charge is 2.09. The first-order valence-corrected chi connectivity index (χ1v) is 4.75. The molecule has 0 bridgehead atoms. The maximum absolute atomic E-state index is 10.8. The lowest BCUT2D eigenvalue weighted by molar-refractivity contribution is 0.473. The van der Waals surface area contributed by atoms with Crippen LogP contribution >= 0.6 is 0 Å². The molecule has 1 aromatic carbocycles. The largest absolute Gasteiger partial charge is 0.508 e. The van der Waals surface area contributed by atoms with E-state index >= 15 is 0 Å². The van der Waals surface area contributed by atoms with Gasteiger partial charge < -0.3 is 5.11 Å². The van der Waals surface area contributed by atoms with Crippen LogP contribution in [0.15, 0.2) is 23.1 Å². The monoisotopic (exact) mass is 198 g/mol. The minimum absolute atomic E-state index is 0.0454. The normalized spacial score (nSPS) is 10.8. The first-order chi connectivity index (χ1) is 5.93. The number of nitrogens with two attached hydrogens (primary N) is 1. The van der Waals surface area contributed by atoms with Crippen LogP contribution in [0.5, 0.6) is 5.75 Å². The Morgan fingerprint density at radius 2 is 2.00 bits per heavy atom. The van der Waals surface area contributed by atoms with Crippen LogP contribution in [0.1, 0.15) is 5.56 Å². The molecule has 0 aliphatic rings. The topological polar surface area (TPSA) is 104 Å². The van der Waals surface area contributed by atoms with Crippen molar-refractivity contribution in [1.82, 2.24) is 0 Å². The summed E-state index contributed by atoms with van der Waals surface area (Å²) in [5.74, 6) is -0.303. The third-order valence-electron chi connectivity index (χ3n) is 1.35. The van der Waals surface area contributed by atoms with Gasteiger partial charge in [-0.15, -0.1) is 0 Å². The van der Waals surface area contributed by atoms with Crippen molar-refractivity contribution in [3.63, 3.8) is 0 Å². The standard InChI is InChI=1S/C7H6N2O3S/c8-4-5-1-6(10)3-7(2-5)13(9,11)12/h1-3,10H,(H2,9,11,12). The summed E-state index contributed by atoms with van der Waals surface area (Å²) in [7, 11) is -3.87. The van der Waals surface area contributed by atoms with E-state index < -0.39 is 10.0 Å². The van der Waals surface area contributed by atoms with Gasteiger partial charge in [0.2, 0.25) is 10.0 Å². The second-order valence-electron chi connectivity index (χ2n) is 2.37. The van der Waals surface area contributed by atoms with Gasteiger partial charge in [0.25, 0.3) is 0 Å². The van der Waals surface area contributed by atoms with Gasteiger partial charge in [0.1, 0.15) is 5.75 Å². The van der Waals surface area contributed by atoms with E-state index in [-0.39, 0.29) is 16.2 Å². The SMILES string of the molecule is N#Cc1cc(O)cc(S(N)(=O)=O)c1. The first-order valence-electron chi connectivity index (χ1n) is 3.20. The number of primary sulfonamides is 1. The summed E-state index contributed by atoms with van der Waals surface area (Å²) in [5, 5.41) is 22.3. The van der Waals surface area contributed by atoms with E-state index in [1.807, 2.05) is 0 Å². The van der Waals surface area contributed by atoms with Crippen molar-refractivity contribution in [3.05, 3.63) is 23.8 Å². The lowest BCUT2D eigenvalue weighted by Gasteiger charge is -1.99. The Balaban J connectivity index is 3.44. The van der Waals surface area contributed by atoms with Gasteiger partial charge in [-0.05, 0) is 18.2 Å². The zero-order chi connectivity index (χ0) is 10.1. The number of aromatic hydroxyl groups is 1. The number of hydrogen-bond acceptors (Lipinski definition) is 4. The molecule has 0 amide bonds. The molecule has 13 heavy (non-hydrogen) atoms. The van der Waals surface area contributed by atoms with E-state index in [2.05, 4.69) is 0 Å². The van der Waals surface area contributed by atoms with Gasteiger partial charge in [0.05, 0.1) is 16.5 Å². The molecular formula is C7H6N2O3S. The molecule has 0 atom stereocenters. The van der Waals surface area contributed by atoms with Crippen molar-refractivity contribution < 1.29 is 13.5 Å². The van der Waals surface area contributed by atoms with Crippen molar-refractivity contribution in [2.75, 3.05) is 0 Å². The molecule has 68 valence electrons. The number of nitrogens with zero attached hydrogens (tertiary/aromatic N) is 1. The highest BCUT2D eigenvalue weighted by Crippen LogP contribution is 2.17. The Labute approximate surface area is 75.1 Å². The molecule has 0 aromatic heterocycles. The van der Waals surface area contributed by atoms with Crippen LogP contribution in [0.3, 0.4) is 0 Å². The second kappa shape index (κ2) is 3.05. The highest BCUT2D eigenvalue weighted by molar-refractivity contribution is 7.89. The maximum Gasteiger partial charge on any atom is 0.238 e. The van der Waals surface area contributed by atoms with Gasteiger partial charge >= 0.3 is 0 Å². The molecule has 0 aliphatic carbocycles. The van der Waals surface area contributed by atoms with Crippen LogP contribution in [0.4, 0.5) is 0 Å². The molecule has 3 N–H and O–H groups in total. The van der Waals surface area contributed by atoms with Crippen LogP contribution in [-0.2, 0) is 10.0 Å². The van der Waals surface area contributed by atoms with Crippen molar-refractivity contribution in [1.29, 1.82) is 5.26 Å². The zero-order valence-electron chi connectivity index (χ0n) is 6.43. The van der Waals surface area contributed by atoms with Gasteiger partial charge in [-0.2, -0.15) is 5.26 Å². The fourth-order valence-corrected chi connectivity index (χ4v) is 1.39. The zero-order valence-corrected chi connectivity index (χ0v) is 7.25. The molecular weight excluding hydrogens is 192 g/mol. The van der Waals surface area contributed by atoms with Crippen LogP contribution in [0, 0.1) is 11.3 Å². The summed E-state index contributed by atoms with van der Waals surface area (Å²) in [6.45, 7) is 0. The Morgan fingerprint density at radius 3 is 2.46 bits per heavy atom. The predicted octanol–water partition coefficient (Wildman–Crippen LogP) is -0.0887. The lowest BCUT2D eigenvalue weighted by Crippen LogP contribution is -2.12. The van der Waals surface area contributed by atoms with Crippen molar-refractivity contribution in [2.45, 2.75) is 4.90 Å². The lowest BCUT2D eigenvalue weighted by atomic mass is 10.2. The number of phenols is 1. The fraction of sp³-hybridized carbons (Fsp3) is 0. The number of hydrogen-bond donors (Lipinski definition) is 2. The molecule has 0 fully saturated rings. The molecule has 0 spiro atoms. The van der Waals surface area contributed by atoms with Gasteiger partial charge in [-0.1, -0.05) is 0 Å². The van der Waals surface area contributed by atoms with Crippen LogP contribution < -0.4 is 5.14 Å². The van der Waals surface area contributed by atoms with E-state index in [4.69, 9.17) is 15.5 Å². The van der Waals surface area contributed by atoms with E-state index in [1.54, 1.807) is 6.07 Å². The minimum atomic E-state index is -3.87. The molecule has 1 aromatic rings. The Morgan fingerprint density at radius 1 is 1.38 bits per heavy atom. The molecule has 6 heteroatoms. The average molecular weight is 198 g/mol. The number of sulfonamides is 1. The summed E-state index contributed by atoms with van der Waals surface area (Å²) in [6.07, 6.45) is 0. The fourth-order valence-electron chi connectivity index (χ4n) is 0.812. The third-order valence-corrected chi connectivity index (χ3v) is 2.24. The summed E-state index contributed by atoms with van der Waals surface area (Å²) < 4.78 is 21.6. The van der Waals surface area contributed by atoms with Gasteiger partial charge in [-0.25, -0.2) is 13.6 Å². The van der Waals surface area contributed by atoms with E-state index in [1.165, 1.54) is 0 Å². The Kier molecular flexibility index (Phi) is 2.23. The maximum atomic E-state index is 10.8. The molecule has 0 aliphatic heterocycles.